The zero-order valence-corrected chi connectivity index (χ0v) is 18.5. The number of likely N-dealkylation sites (N-methyl/N-ethyl adjacent to an activating group) is 1. The molecule has 4 heterocycles. The lowest BCUT2D eigenvalue weighted by Gasteiger charge is -2.49. The van der Waals surface area contributed by atoms with Crippen LogP contribution in [-0.2, 0) is 19.2 Å². The summed E-state index contributed by atoms with van der Waals surface area (Å²) in [6, 6.07) is -1.18. The number of hydrogen-bond acceptors (Lipinski definition) is 9. The minimum atomic E-state index is -3.28. The van der Waals surface area contributed by atoms with Gasteiger partial charge in [-0.05, 0) is 0 Å². The lowest BCUT2D eigenvalue weighted by Crippen LogP contribution is -2.71. The molecule has 2 fully saturated rings. The molecule has 4 N–H and O–H groups in total. The molecule has 32 heavy (non-hydrogen) atoms. The predicted molar refractivity (Wildman–Crippen MR) is 120 cm³/mol. The molecule has 1 aromatic heterocycles. The number of likely N-dealkylation sites (tertiary alicyclic amines) is 1. The second-order valence-corrected chi connectivity index (χ2v) is 9.13. The van der Waals surface area contributed by atoms with E-state index in [0.29, 0.717) is 0 Å². The average Bonchev–Trinajstić information content (AvgIpc) is 3.31. The fraction of sp³-hybridized carbons (Fsp3) is 0.526. The van der Waals surface area contributed by atoms with Gasteiger partial charge >= 0.3 is 5.97 Å². The van der Waals surface area contributed by atoms with E-state index in [2.05, 4.69) is 15.5 Å². The van der Waals surface area contributed by atoms with Gasteiger partial charge in [0.2, 0.25) is 0 Å². The Morgan fingerprint density at radius 1 is 1.50 bits per heavy atom. The fourth-order valence-electron chi connectivity index (χ4n) is 3.50. The summed E-state index contributed by atoms with van der Waals surface area (Å²) in [6.45, 7) is -6.98. The minimum Gasteiger partial charge on any atom is -0.477 e. The number of nitrogens with zero attached hydrogens (tertiary/aromatic N) is 4. The molecule has 0 radical (unpaired) electrons. The Morgan fingerprint density at radius 3 is 2.81 bits per heavy atom. The fourth-order valence-corrected chi connectivity index (χ4v) is 5.38. The summed E-state index contributed by atoms with van der Waals surface area (Å²) in [5.74, 6) is -3.36. The number of nitrogens with one attached hydrogen (secondary N) is 1. The number of nitrogens with two attached hydrogens (primary N) is 1. The molecule has 3 aliphatic rings. The van der Waals surface area contributed by atoms with Gasteiger partial charge in [-0.15, -0.1) is 23.1 Å². The summed E-state index contributed by atoms with van der Waals surface area (Å²) < 4.78 is 64.4. The van der Waals surface area contributed by atoms with E-state index in [1.807, 2.05) is 0 Å². The van der Waals surface area contributed by atoms with Gasteiger partial charge in [0.1, 0.15) is 36.5 Å². The first kappa shape index (κ1) is 14.5. The first-order valence-corrected chi connectivity index (χ1v) is 11.1. The second kappa shape index (κ2) is 8.71. The normalized spacial score (nSPS) is 34.8. The highest BCUT2D eigenvalue weighted by atomic mass is 32.2. The molecule has 2 saturated heterocycles. The van der Waals surface area contributed by atoms with Gasteiger partial charge in [-0.25, -0.2) is 9.78 Å². The molecule has 0 spiro atoms. The number of oxime groups is 1. The molecule has 3 aliphatic heterocycles. The van der Waals surface area contributed by atoms with Crippen LogP contribution in [0.25, 0.3) is 0 Å². The van der Waals surface area contributed by atoms with Crippen molar-refractivity contribution in [3.05, 3.63) is 22.3 Å². The molecule has 4 rings (SSSR count). The minimum absolute atomic E-state index is 0.0878. The van der Waals surface area contributed by atoms with Crippen molar-refractivity contribution in [3.8, 4) is 0 Å². The van der Waals surface area contributed by atoms with E-state index >= 15 is 0 Å². The summed E-state index contributed by atoms with van der Waals surface area (Å²) in [5, 5.41) is 16.9. The Kier molecular flexibility index (Phi) is 3.95. The van der Waals surface area contributed by atoms with Crippen LogP contribution in [0.4, 0.5) is 5.13 Å². The third-order valence-corrected chi connectivity index (χ3v) is 6.89. The molecular weight excluding hydrogens is 456 g/mol. The van der Waals surface area contributed by atoms with Gasteiger partial charge in [-0.2, -0.15) is 0 Å². The number of hydrogen-bond donors (Lipinski definition) is 3. The van der Waals surface area contributed by atoms with E-state index in [0.717, 1.165) is 35.0 Å². The van der Waals surface area contributed by atoms with Crippen LogP contribution in [0.15, 0.2) is 21.8 Å². The Balaban J connectivity index is 1.64. The number of carbonyl (C=O) groups excluding carboxylic acids is 2. The van der Waals surface area contributed by atoms with Gasteiger partial charge in [0, 0.05) is 34.9 Å². The molecular formula is C19H25N6O5S2+. The van der Waals surface area contributed by atoms with Crippen LogP contribution < -0.4 is 11.1 Å². The molecule has 2 amide bonds. The van der Waals surface area contributed by atoms with Gasteiger partial charge in [0.15, 0.2) is 10.8 Å². The van der Waals surface area contributed by atoms with E-state index in [4.69, 9.17) is 21.5 Å². The number of fused-ring (bicyclic) bond motifs is 1. The van der Waals surface area contributed by atoms with Crippen molar-refractivity contribution in [3.63, 3.8) is 0 Å². The van der Waals surface area contributed by atoms with Crippen molar-refractivity contribution >= 4 is 51.7 Å². The maximum atomic E-state index is 13.1. The summed E-state index contributed by atoms with van der Waals surface area (Å²) in [5.41, 5.74) is 4.80. The maximum absolute atomic E-state index is 13.1. The van der Waals surface area contributed by atoms with Crippen molar-refractivity contribution in [2.45, 2.75) is 24.2 Å². The lowest BCUT2D eigenvalue weighted by atomic mass is 10.0. The number of carbonyl (C=O) groups is 3. The Labute approximate surface area is 204 Å². The molecule has 2 atom stereocenters. The van der Waals surface area contributed by atoms with E-state index < -0.39 is 71.7 Å². The van der Waals surface area contributed by atoms with Crippen LogP contribution in [0.1, 0.15) is 29.4 Å². The zero-order chi connectivity index (χ0) is 30.2. The van der Waals surface area contributed by atoms with E-state index in [9.17, 15) is 19.5 Å². The smallest absolute Gasteiger partial charge is 0.352 e. The number of thiazole rings is 1. The monoisotopic (exact) mass is 489 g/mol. The molecule has 0 saturated carbocycles. The summed E-state index contributed by atoms with van der Waals surface area (Å²) in [6.07, 6.45) is -6.56. The first-order valence-electron chi connectivity index (χ1n) is 13.2. The molecule has 0 aromatic carbocycles. The number of aliphatic carboxylic acids is 1. The largest absolute Gasteiger partial charge is 0.477 e. The molecule has 1 aromatic rings. The number of β-lactam (4-membered cyclic amide) rings is 1. The highest BCUT2D eigenvalue weighted by Gasteiger charge is 2.55. The van der Waals surface area contributed by atoms with Crippen LogP contribution in [0.3, 0.4) is 0 Å². The van der Waals surface area contributed by atoms with Crippen molar-refractivity contribution in [2.24, 2.45) is 5.16 Å². The average molecular weight is 490 g/mol. The number of carboxylic acids is 1. The molecule has 0 bridgehead atoms. The number of carboxylic acid groups (broad SMARTS) is 1. The molecule has 11 nitrogen and oxygen atoms in total. The number of nitrogen functional groups attached to an aromatic ring is 1. The Morgan fingerprint density at radius 2 is 2.22 bits per heavy atom. The highest BCUT2D eigenvalue weighted by Crippen LogP contribution is 2.41. The van der Waals surface area contributed by atoms with Gasteiger partial charge < -0.3 is 25.5 Å². The lowest BCUT2D eigenvalue weighted by molar-refractivity contribution is -0.893. The third-order valence-electron chi connectivity index (χ3n) is 4.87. The number of quaternary nitrogens is 1. The Bertz CT molecular complexity index is 1330. The predicted octanol–water partition coefficient (Wildman–Crippen LogP) is 0.0548. The number of amides is 2. The standard InChI is InChI=1S/C19H24N6O5S2/c1-25(5-3-4-6-25)7-10-8-31-17-13(16(27)24(17)14(10)18(28)29)22-15(26)12(23-30-2)11-9-32-19(20)21-11/h9,13,17H,3-8H2,1-2H3,(H3-,20,21,22,26,28,29)/p+1/b23-12-/t13-,17-/m1/s1/i3D2,4D2,5D2,6D2. The molecule has 0 aliphatic carbocycles. The number of aromatic nitrogens is 1. The van der Waals surface area contributed by atoms with Crippen molar-refractivity contribution in [1.82, 2.24) is 15.2 Å². The van der Waals surface area contributed by atoms with Crippen LogP contribution in [0.5, 0.6) is 0 Å². The van der Waals surface area contributed by atoms with Gasteiger partial charge in [0.05, 0.1) is 25.5 Å². The van der Waals surface area contributed by atoms with Crippen molar-refractivity contribution in [2.75, 3.05) is 45.2 Å². The highest BCUT2D eigenvalue weighted by molar-refractivity contribution is 8.00. The molecule has 13 heteroatoms. The third kappa shape index (κ3) is 4.07. The summed E-state index contributed by atoms with van der Waals surface area (Å²) >= 11 is 2.07. The Hall–Kier alpha value is -2.64. The van der Waals surface area contributed by atoms with Crippen LogP contribution in [-0.4, -0.2) is 93.8 Å². The van der Waals surface area contributed by atoms with Crippen molar-refractivity contribution < 1.29 is 39.8 Å². The van der Waals surface area contributed by atoms with Gasteiger partial charge in [-0.1, -0.05) is 5.16 Å². The summed E-state index contributed by atoms with van der Waals surface area (Å²) in [7, 11) is 2.18. The van der Waals surface area contributed by atoms with Crippen LogP contribution in [0, 0.1) is 0 Å². The number of thioether (sulfide) groups is 1. The van der Waals surface area contributed by atoms with E-state index in [1.165, 1.54) is 12.5 Å². The van der Waals surface area contributed by atoms with E-state index in [1.54, 1.807) is 0 Å². The first-order chi connectivity index (χ1) is 18.3. The van der Waals surface area contributed by atoms with Crippen molar-refractivity contribution in [1.29, 1.82) is 0 Å². The van der Waals surface area contributed by atoms with Crippen LogP contribution >= 0.6 is 23.1 Å². The second-order valence-electron chi connectivity index (χ2n) is 7.13. The topological polar surface area (TPSA) is 147 Å². The van der Waals surface area contributed by atoms with E-state index in [-0.39, 0.29) is 27.9 Å². The molecule has 0 unspecified atom stereocenters. The summed E-state index contributed by atoms with van der Waals surface area (Å²) in [4.78, 5) is 47.9. The molecule has 172 valence electrons. The zero-order valence-electron chi connectivity index (χ0n) is 24.9. The van der Waals surface area contributed by atoms with Crippen LogP contribution in [0.2, 0.25) is 0 Å². The van der Waals surface area contributed by atoms with Gasteiger partial charge in [-0.3, -0.25) is 14.5 Å². The maximum Gasteiger partial charge on any atom is 0.352 e. The quantitative estimate of drug-likeness (QED) is 0.211. The SMILES string of the molecule is [2H]C1([2H])C([2H])([2H])C([2H])([2H])[N+](C)(CC2=C(C(=O)O)N3C(=O)[C@@H](NC(=O)/C(=N\OC)c4csc(N)n4)[C@H]3SC2)C1([2H])[2H]. The van der Waals surface area contributed by atoms with Gasteiger partial charge in [0.25, 0.3) is 11.8 Å². The number of anilines is 1. The number of rotatable bonds is 7.